The summed E-state index contributed by atoms with van der Waals surface area (Å²) in [5, 5.41) is 4.31. The number of aryl methyl sites for hydroxylation is 2. The topological polar surface area (TPSA) is 64.2 Å². The molecule has 0 aliphatic carbocycles. The molecule has 0 spiro atoms. The molecule has 0 atom stereocenters. The van der Waals surface area contributed by atoms with Crippen molar-refractivity contribution < 1.29 is 4.79 Å². The van der Waals surface area contributed by atoms with E-state index in [-0.39, 0.29) is 5.91 Å². The largest absolute Gasteiger partial charge is 0.326 e. The molecule has 2 rings (SSSR count). The Kier molecular flexibility index (Phi) is 4.20. The number of aromatic nitrogens is 2. The number of anilines is 1. The van der Waals surface area contributed by atoms with Crippen LogP contribution in [-0.2, 0) is 20.0 Å². The van der Waals surface area contributed by atoms with Crippen molar-refractivity contribution in [3.05, 3.63) is 47.3 Å². The molecule has 20 heavy (non-hydrogen) atoms. The summed E-state index contributed by atoms with van der Waals surface area (Å²) in [5.74, 6) is -0.0517. The molecule has 0 radical (unpaired) electrons. The summed E-state index contributed by atoms with van der Waals surface area (Å²) in [6.07, 6.45) is 2.50. The Morgan fingerprint density at radius 2 is 2.20 bits per heavy atom. The molecule has 0 saturated heterocycles. The molecule has 1 aromatic carbocycles. The van der Waals surface area contributed by atoms with Crippen LogP contribution in [0.15, 0.2) is 30.5 Å². The van der Waals surface area contributed by atoms with Crippen LogP contribution in [0.2, 0.25) is 0 Å². The maximum atomic E-state index is 12.6. The zero-order chi connectivity index (χ0) is 14.7. The molecule has 0 unspecified atom stereocenters. The molecular formula is C15H20N4O. The first kappa shape index (κ1) is 14.3. The van der Waals surface area contributed by atoms with E-state index in [0.717, 1.165) is 23.4 Å². The van der Waals surface area contributed by atoms with E-state index < -0.39 is 0 Å². The summed E-state index contributed by atoms with van der Waals surface area (Å²) in [6.45, 7) is 2.46. The van der Waals surface area contributed by atoms with Gasteiger partial charge in [-0.2, -0.15) is 5.10 Å². The molecule has 2 N–H and O–H groups in total. The molecule has 1 aromatic heterocycles. The second kappa shape index (κ2) is 5.88. The minimum absolute atomic E-state index is 0.0517. The molecule has 0 saturated carbocycles. The highest BCUT2D eigenvalue weighted by atomic mass is 16.2. The lowest BCUT2D eigenvalue weighted by atomic mass is 10.1. The van der Waals surface area contributed by atoms with Crippen molar-refractivity contribution in [3.8, 4) is 0 Å². The first-order chi connectivity index (χ1) is 9.56. The molecule has 1 amide bonds. The Morgan fingerprint density at radius 3 is 2.85 bits per heavy atom. The van der Waals surface area contributed by atoms with Gasteiger partial charge >= 0.3 is 0 Å². The van der Waals surface area contributed by atoms with Gasteiger partial charge in [-0.3, -0.25) is 9.48 Å². The Balaban J connectivity index is 2.31. The van der Waals surface area contributed by atoms with Gasteiger partial charge in [-0.1, -0.05) is 19.1 Å². The number of rotatable bonds is 4. The minimum Gasteiger partial charge on any atom is -0.326 e. The number of hydrogen-bond donors (Lipinski definition) is 1. The van der Waals surface area contributed by atoms with E-state index >= 15 is 0 Å². The van der Waals surface area contributed by atoms with Crippen molar-refractivity contribution in [1.29, 1.82) is 0 Å². The molecule has 0 fully saturated rings. The van der Waals surface area contributed by atoms with Crippen LogP contribution >= 0.6 is 0 Å². The Bertz CT molecular complexity index is 618. The molecule has 106 valence electrons. The molecule has 5 nitrogen and oxygen atoms in total. The minimum atomic E-state index is -0.0517. The number of nitrogens with zero attached hydrogens (tertiary/aromatic N) is 3. The quantitative estimate of drug-likeness (QED) is 0.921. The summed E-state index contributed by atoms with van der Waals surface area (Å²) in [7, 11) is 3.59. The highest BCUT2D eigenvalue weighted by molar-refractivity contribution is 6.06. The standard InChI is InChI=1S/C15H20N4O/c1-4-14-13(10-18(2)17-14)15(20)19(3)12-7-5-6-11(8-12)9-16/h5-8,10H,4,9,16H2,1-3H3. The average Bonchev–Trinajstić information content (AvgIpc) is 2.86. The van der Waals surface area contributed by atoms with Crippen LogP contribution in [0.4, 0.5) is 5.69 Å². The number of amides is 1. The Hall–Kier alpha value is -2.14. The fraction of sp³-hybridized carbons (Fsp3) is 0.333. The maximum Gasteiger partial charge on any atom is 0.261 e. The Morgan fingerprint density at radius 1 is 1.45 bits per heavy atom. The van der Waals surface area contributed by atoms with Gasteiger partial charge in [0.2, 0.25) is 0 Å². The lowest BCUT2D eigenvalue weighted by Gasteiger charge is -2.17. The van der Waals surface area contributed by atoms with Gasteiger partial charge in [0.15, 0.2) is 0 Å². The molecule has 1 heterocycles. The van der Waals surface area contributed by atoms with Gasteiger partial charge in [-0.15, -0.1) is 0 Å². The molecular weight excluding hydrogens is 252 g/mol. The van der Waals surface area contributed by atoms with Crippen LogP contribution in [0.1, 0.15) is 28.5 Å². The first-order valence-corrected chi connectivity index (χ1v) is 6.66. The average molecular weight is 272 g/mol. The number of nitrogens with two attached hydrogens (primary N) is 1. The third-order valence-corrected chi connectivity index (χ3v) is 3.31. The van der Waals surface area contributed by atoms with Gasteiger partial charge in [0.1, 0.15) is 0 Å². The van der Waals surface area contributed by atoms with Crippen LogP contribution in [0, 0.1) is 0 Å². The SMILES string of the molecule is CCc1nn(C)cc1C(=O)N(C)c1cccc(CN)c1. The lowest BCUT2D eigenvalue weighted by molar-refractivity contribution is 0.0992. The van der Waals surface area contributed by atoms with Gasteiger partial charge in [-0.05, 0) is 24.1 Å². The van der Waals surface area contributed by atoms with E-state index in [1.165, 1.54) is 0 Å². The third-order valence-electron chi connectivity index (χ3n) is 3.31. The van der Waals surface area contributed by atoms with E-state index in [1.807, 2.05) is 38.2 Å². The van der Waals surface area contributed by atoms with Crippen molar-refractivity contribution in [3.63, 3.8) is 0 Å². The second-order valence-electron chi connectivity index (χ2n) is 4.75. The third kappa shape index (κ3) is 2.72. The van der Waals surface area contributed by atoms with Crippen molar-refractivity contribution in [2.75, 3.05) is 11.9 Å². The van der Waals surface area contributed by atoms with Crippen molar-refractivity contribution >= 4 is 11.6 Å². The molecule has 2 aromatic rings. The predicted molar refractivity (Wildman–Crippen MR) is 79.7 cm³/mol. The van der Waals surface area contributed by atoms with Crippen molar-refractivity contribution in [2.45, 2.75) is 19.9 Å². The summed E-state index contributed by atoms with van der Waals surface area (Å²) in [5.41, 5.74) is 8.95. The monoisotopic (exact) mass is 272 g/mol. The fourth-order valence-corrected chi connectivity index (χ4v) is 2.16. The smallest absolute Gasteiger partial charge is 0.261 e. The van der Waals surface area contributed by atoms with E-state index in [0.29, 0.717) is 12.1 Å². The zero-order valence-electron chi connectivity index (χ0n) is 12.1. The van der Waals surface area contributed by atoms with Crippen LogP contribution in [0.5, 0.6) is 0 Å². The van der Waals surface area contributed by atoms with Gasteiger partial charge in [-0.25, -0.2) is 0 Å². The van der Waals surface area contributed by atoms with Gasteiger partial charge < -0.3 is 10.6 Å². The van der Waals surface area contributed by atoms with E-state index in [1.54, 1.807) is 22.8 Å². The maximum absolute atomic E-state index is 12.6. The van der Waals surface area contributed by atoms with Gasteiger partial charge in [0, 0.05) is 32.5 Å². The van der Waals surface area contributed by atoms with Crippen molar-refractivity contribution in [1.82, 2.24) is 9.78 Å². The first-order valence-electron chi connectivity index (χ1n) is 6.66. The van der Waals surface area contributed by atoms with E-state index in [2.05, 4.69) is 5.10 Å². The highest BCUT2D eigenvalue weighted by Crippen LogP contribution is 2.18. The van der Waals surface area contributed by atoms with Crippen LogP contribution < -0.4 is 10.6 Å². The van der Waals surface area contributed by atoms with E-state index in [4.69, 9.17) is 5.73 Å². The summed E-state index contributed by atoms with van der Waals surface area (Å²) < 4.78 is 1.68. The van der Waals surface area contributed by atoms with Crippen molar-refractivity contribution in [2.24, 2.45) is 12.8 Å². The predicted octanol–water partition coefficient (Wildman–Crippen LogP) is 1.72. The number of hydrogen-bond acceptors (Lipinski definition) is 3. The molecule has 5 heteroatoms. The van der Waals surface area contributed by atoms with Crippen LogP contribution in [0.25, 0.3) is 0 Å². The number of carbonyl (C=O) groups is 1. The summed E-state index contributed by atoms with van der Waals surface area (Å²) >= 11 is 0. The van der Waals surface area contributed by atoms with Crippen LogP contribution in [-0.4, -0.2) is 22.7 Å². The van der Waals surface area contributed by atoms with Crippen LogP contribution in [0.3, 0.4) is 0 Å². The molecule has 0 aliphatic rings. The zero-order valence-corrected chi connectivity index (χ0v) is 12.1. The summed E-state index contributed by atoms with van der Waals surface area (Å²) in [4.78, 5) is 14.2. The van der Waals surface area contributed by atoms with Gasteiger partial charge in [0.05, 0.1) is 11.3 Å². The number of carbonyl (C=O) groups excluding carboxylic acids is 1. The highest BCUT2D eigenvalue weighted by Gasteiger charge is 2.19. The number of benzene rings is 1. The second-order valence-corrected chi connectivity index (χ2v) is 4.75. The normalized spacial score (nSPS) is 10.6. The summed E-state index contributed by atoms with van der Waals surface area (Å²) in [6, 6.07) is 7.69. The van der Waals surface area contributed by atoms with Gasteiger partial charge in [0.25, 0.3) is 5.91 Å². The molecule has 0 aliphatic heterocycles. The van der Waals surface area contributed by atoms with E-state index in [9.17, 15) is 4.79 Å². The fourth-order valence-electron chi connectivity index (χ4n) is 2.16. The Labute approximate surface area is 119 Å². The lowest BCUT2D eigenvalue weighted by Crippen LogP contribution is -2.27. The molecule has 0 bridgehead atoms.